The van der Waals surface area contributed by atoms with E-state index in [0.29, 0.717) is 43.6 Å². The van der Waals surface area contributed by atoms with Crippen LogP contribution in [-0.2, 0) is 17.0 Å². The Morgan fingerprint density at radius 3 is 2.19 bits per heavy atom. The highest BCUT2D eigenvalue weighted by Crippen LogP contribution is 2.42. The number of halogens is 3. The molecule has 0 heterocycles. The molecule has 3 atom stereocenters. The standard InChI is InChI=1S/C15H18F3N3O5S/c1-2-27(26)11-5-3-4-10(8-11)19-14-12(20(22)23)6-9(15(16,17)18)7-13(14)21(24)25/h6-7,10-11,19H,2-5,8H2,1H3. The number of benzene rings is 1. The van der Waals surface area contributed by atoms with Gasteiger partial charge in [-0.1, -0.05) is 13.3 Å². The highest BCUT2D eigenvalue weighted by Gasteiger charge is 2.38. The van der Waals surface area contributed by atoms with E-state index in [2.05, 4.69) is 5.32 Å². The molecule has 0 aliphatic heterocycles. The van der Waals surface area contributed by atoms with Crippen molar-refractivity contribution in [1.82, 2.24) is 0 Å². The molecule has 0 saturated heterocycles. The summed E-state index contributed by atoms with van der Waals surface area (Å²) in [5, 5.41) is 25.1. The molecule has 2 rings (SSSR count). The molecule has 0 amide bonds. The van der Waals surface area contributed by atoms with Gasteiger partial charge in [-0.2, -0.15) is 13.2 Å². The van der Waals surface area contributed by atoms with Crippen LogP contribution in [-0.4, -0.2) is 31.1 Å². The first kappa shape index (κ1) is 21.1. The summed E-state index contributed by atoms with van der Waals surface area (Å²) in [5.41, 5.74) is -4.02. The van der Waals surface area contributed by atoms with E-state index < -0.39 is 55.5 Å². The van der Waals surface area contributed by atoms with Crippen LogP contribution >= 0.6 is 0 Å². The molecule has 1 aliphatic carbocycles. The fourth-order valence-corrected chi connectivity index (χ4v) is 4.51. The van der Waals surface area contributed by atoms with Crippen LogP contribution in [0, 0.1) is 20.2 Å². The third-order valence-electron chi connectivity index (χ3n) is 4.45. The molecule has 1 fully saturated rings. The Morgan fingerprint density at radius 1 is 1.19 bits per heavy atom. The van der Waals surface area contributed by atoms with Crippen molar-refractivity contribution in [3.05, 3.63) is 37.9 Å². The minimum absolute atomic E-state index is 0.159. The molecular weight excluding hydrogens is 391 g/mol. The second-order valence-corrected chi connectivity index (χ2v) is 8.21. The summed E-state index contributed by atoms with van der Waals surface area (Å²) in [6.07, 6.45) is -2.70. The van der Waals surface area contributed by atoms with Gasteiger partial charge in [-0.3, -0.25) is 24.4 Å². The molecule has 1 aromatic rings. The predicted octanol–water partition coefficient (Wildman–Crippen LogP) is 4.01. The SMILES string of the molecule is CCS(=O)C1CCCC(Nc2c([N+](=O)[O-])cc(C(F)(F)F)cc2[N+](=O)[O-])C1. The van der Waals surface area contributed by atoms with Crippen LogP contribution in [0.15, 0.2) is 12.1 Å². The molecule has 1 N–H and O–H groups in total. The van der Waals surface area contributed by atoms with E-state index >= 15 is 0 Å². The molecule has 8 nitrogen and oxygen atoms in total. The van der Waals surface area contributed by atoms with Gasteiger partial charge in [0.05, 0.1) is 15.4 Å². The Balaban J connectivity index is 2.44. The van der Waals surface area contributed by atoms with Crippen molar-refractivity contribution in [2.24, 2.45) is 0 Å². The van der Waals surface area contributed by atoms with Gasteiger partial charge in [0.1, 0.15) is 0 Å². The van der Waals surface area contributed by atoms with Crippen molar-refractivity contribution in [3.8, 4) is 0 Å². The van der Waals surface area contributed by atoms with E-state index in [1.165, 1.54) is 0 Å². The van der Waals surface area contributed by atoms with Crippen molar-refractivity contribution in [1.29, 1.82) is 0 Å². The molecule has 12 heteroatoms. The van der Waals surface area contributed by atoms with Crippen LogP contribution in [0.25, 0.3) is 0 Å². The maximum absolute atomic E-state index is 12.9. The molecule has 0 aromatic heterocycles. The summed E-state index contributed by atoms with van der Waals surface area (Å²) in [6.45, 7) is 1.76. The van der Waals surface area contributed by atoms with Gasteiger partial charge < -0.3 is 5.32 Å². The molecule has 1 aliphatic rings. The van der Waals surface area contributed by atoms with Crippen LogP contribution in [0.2, 0.25) is 0 Å². The molecule has 0 radical (unpaired) electrons. The fraction of sp³-hybridized carbons (Fsp3) is 0.600. The number of nitro groups is 2. The fourth-order valence-electron chi connectivity index (χ4n) is 3.17. The van der Waals surface area contributed by atoms with Crippen LogP contribution < -0.4 is 5.32 Å². The van der Waals surface area contributed by atoms with Gasteiger partial charge in [-0.05, 0) is 19.3 Å². The summed E-state index contributed by atoms with van der Waals surface area (Å²) < 4.78 is 50.8. The summed E-state index contributed by atoms with van der Waals surface area (Å²) in [5.74, 6) is 0.442. The summed E-state index contributed by atoms with van der Waals surface area (Å²) in [4.78, 5) is 20.4. The van der Waals surface area contributed by atoms with E-state index in [4.69, 9.17) is 0 Å². The smallest absolute Gasteiger partial charge is 0.371 e. The molecule has 27 heavy (non-hydrogen) atoms. The lowest BCUT2D eigenvalue weighted by atomic mass is 9.94. The molecule has 1 saturated carbocycles. The van der Waals surface area contributed by atoms with Gasteiger partial charge in [-0.15, -0.1) is 0 Å². The number of rotatable bonds is 6. The second kappa shape index (κ2) is 8.19. The van der Waals surface area contributed by atoms with Crippen LogP contribution in [0.1, 0.15) is 38.2 Å². The first-order chi connectivity index (χ1) is 12.5. The van der Waals surface area contributed by atoms with E-state index in [9.17, 15) is 37.6 Å². The largest absolute Gasteiger partial charge is 0.416 e. The molecule has 1 aromatic carbocycles. The van der Waals surface area contributed by atoms with Gasteiger partial charge in [-0.25, -0.2) is 0 Å². The number of nitrogens with zero attached hydrogens (tertiary/aromatic N) is 2. The van der Waals surface area contributed by atoms with E-state index in [0.717, 1.165) is 0 Å². The average molecular weight is 409 g/mol. The first-order valence-electron chi connectivity index (χ1n) is 8.22. The van der Waals surface area contributed by atoms with Gasteiger partial charge in [0, 0.05) is 40.0 Å². The van der Waals surface area contributed by atoms with Crippen molar-refractivity contribution in [3.63, 3.8) is 0 Å². The number of nitro benzene ring substituents is 2. The maximum atomic E-state index is 12.9. The maximum Gasteiger partial charge on any atom is 0.416 e. The van der Waals surface area contributed by atoms with E-state index in [-0.39, 0.29) is 5.25 Å². The topological polar surface area (TPSA) is 115 Å². The number of hydrogen-bond acceptors (Lipinski definition) is 6. The average Bonchev–Trinajstić information content (AvgIpc) is 2.59. The second-order valence-electron chi connectivity index (χ2n) is 6.20. The highest BCUT2D eigenvalue weighted by molar-refractivity contribution is 7.85. The van der Waals surface area contributed by atoms with Gasteiger partial charge >= 0.3 is 6.18 Å². The highest BCUT2D eigenvalue weighted by atomic mass is 32.2. The zero-order valence-corrected chi connectivity index (χ0v) is 15.1. The third kappa shape index (κ3) is 4.93. The first-order valence-corrected chi connectivity index (χ1v) is 9.60. The Kier molecular flexibility index (Phi) is 6.39. The Hall–Kier alpha value is -2.24. The zero-order chi connectivity index (χ0) is 20.4. The van der Waals surface area contributed by atoms with Crippen LogP contribution in [0.5, 0.6) is 0 Å². The monoisotopic (exact) mass is 409 g/mol. The number of alkyl halides is 3. The van der Waals surface area contributed by atoms with Crippen molar-refractivity contribution in [2.75, 3.05) is 11.1 Å². The lowest BCUT2D eigenvalue weighted by Crippen LogP contribution is -2.33. The summed E-state index contributed by atoms with van der Waals surface area (Å²) in [6, 6.07) is 0.132. The molecule has 0 bridgehead atoms. The minimum Gasteiger partial charge on any atom is -0.371 e. The molecule has 150 valence electrons. The predicted molar refractivity (Wildman–Crippen MR) is 93.1 cm³/mol. The Morgan fingerprint density at radius 2 is 1.74 bits per heavy atom. The lowest BCUT2D eigenvalue weighted by molar-refractivity contribution is -0.392. The normalized spacial score (nSPS) is 21.5. The van der Waals surface area contributed by atoms with Gasteiger partial charge in [0.25, 0.3) is 11.4 Å². The third-order valence-corrected chi connectivity index (χ3v) is 6.19. The molecular formula is C15H18F3N3O5S. The van der Waals surface area contributed by atoms with Crippen LogP contribution in [0.3, 0.4) is 0 Å². The van der Waals surface area contributed by atoms with Crippen LogP contribution in [0.4, 0.5) is 30.2 Å². The summed E-state index contributed by atoms with van der Waals surface area (Å²) >= 11 is 0. The van der Waals surface area contributed by atoms with Crippen molar-refractivity contribution < 1.29 is 27.2 Å². The summed E-state index contributed by atoms with van der Waals surface area (Å²) in [7, 11) is -1.09. The molecule has 3 unspecified atom stereocenters. The number of anilines is 1. The van der Waals surface area contributed by atoms with E-state index in [1.54, 1.807) is 6.92 Å². The van der Waals surface area contributed by atoms with Crippen molar-refractivity contribution in [2.45, 2.75) is 50.1 Å². The van der Waals surface area contributed by atoms with Gasteiger partial charge in [0.2, 0.25) is 0 Å². The lowest BCUT2D eigenvalue weighted by Gasteiger charge is -2.29. The molecule has 0 spiro atoms. The number of hydrogen-bond donors (Lipinski definition) is 1. The van der Waals surface area contributed by atoms with Gasteiger partial charge in [0.15, 0.2) is 5.69 Å². The Bertz CT molecular complexity index is 737. The minimum atomic E-state index is -4.96. The quantitative estimate of drug-likeness (QED) is 0.561. The van der Waals surface area contributed by atoms with E-state index in [1.807, 2.05) is 0 Å². The zero-order valence-electron chi connectivity index (χ0n) is 14.3. The number of nitrogens with one attached hydrogen (secondary N) is 1. The van der Waals surface area contributed by atoms with Crippen molar-refractivity contribution >= 4 is 27.9 Å². The Labute approximate surface area is 154 Å².